The highest BCUT2D eigenvalue weighted by atomic mass is 16.5. The molecule has 2 heterocycles. The van der Waals surface area contributed by atoms with Gasteiger partial charge in [-0.1, -0.05) is 6.08 Å². The molecular weight excluding hydrogens is 202 g/mol. The van der Waals surface area contributed by atoms with Gasteiger partial charge in [0.05, 0.1) is 18.5 Å². The number of ether oxygens (including phenoxy) is 1. The summed E-state index contributed by atoms with van der Waals surface area (Å²) in [5, 5.41) is 4.33. The lowest BCUT2D eigenvalue weighted by atomic mass is 9.95. The third-order valence-electron chi connectivity index (χ3n) is 3.14. The molecule has 0 unspecified atom stereocenters. The van der Waals surface area contributed by atoms with Crippen LogP contribution >= 0.6 is 0 Å². The van der Waals surface area contributed by atoms with Crippen molar-refractivity contribution in [2.75, 3.05) is 26.8 Å². The zero-order valence-corrected chi connectivity index (χ0v) is 10.0. The van der Waals surface area contributed by atoms with Gasteiger partial charge in [-0.2, -0.15) is 5.10 Å². The van der Waals surface area contributed by atoms with Gasteiger partial charge >= 0.3 is 0 Å². The molecule has 1 aliphatic rings. The molecule has 4 heteroatoms. The monoisotopic (exact) mass is 221 g/mol. The van der Waals surface area contributed by atoms with E-state index >= 15 is 0 Å². The molecule has 0 aromatic carbocycles. The van der Waals surface area contributed by atoms with E-state index < -0.39 is 0 Å². The van der Waals surface area contributed by atoms with Crippen LogP contribution in [0.1, 0.15) is 17.2 Å². The van der Waals surface area contributed by atoms with Crippen molar-refractivity contribution in [3.05, 3.63) is 30.1 Å². The van der Waals surface area contributed by atoms with E-state index in [-0.39, 0.29) is 0 Å². The zero-order valence-electron chi connectivity index (χ0n) is 10.0. The lowest BCUT2D eigenvalue weighted by Gasteiger charge is -2.31. The molecule has 1 atom stereocenters. The Bertz CT molecular complexity index is 372. The Balaban J connectivity index is 2.23. The van der Waals surface area contributed by atoms with Gasteiger partial charge in [0, 0.05) is 45.3 Å². The molecule has 0 saturated carbocycles. The molecule has 1 aromatic rings. The second kappa shape index (κ2) is 4.80. The molecular formula is C12H19N3O. The van der Waals surface area contributed by atoms with E-state index in [4.69, 9.17) is 4.74 Å². The topological polar surface area (TPSA) is 30.3 Å². The average Bonchev–Trinajstić information content (AvgIpc) is 2.62. The third-order valence-corrected chi connectivity index (χ3v) is 3.14. The summed E-state index contributed by atoms with van der Waals surface area (Å²) < 4.78 is 7.25. The van der Waals surface area contributed by atoms with Gasteiger partial charge in [0.2, 0.25) is 0 Å². The highest BCUT2D eigenvalue weighted by Gasteiger charge is 2.27. The first-order chi connectivity index (χ1) is 7.76. The second-order valence-electron chi connectivity index (χ2n) is 4.31. The fourth-order valence-corrected chi connectivity index (χ4v) is 2.37. The van der Waals surface area contributed by atoms with Gasteiger partial charge in [0.15, 0.2) is 0 Å². The molecule has 0 fully saturated rings. The molecule has 1 aromatic heterocycles. The zero-order chi connectivity index (χ0) is 11.5. The van der Waals surface area contributed by atoms with E-state index in [0.717, 1.165) is 26.2 Å². The maximum Gasteiger partial charge on any atom is 0.0557 e. The Hall–Kier alpha value is -1.13. The summed E-state index contributed by atoms with van der Waals surface area (Å²) in [5.74, 6) is 0.433. The predicted octanol–water partition coefficient (Wildman–Crippen LogP) is 1.15. The van der Waals surface area contributed by atoms with Gasteiger partial charge in [-0.05, 0) is 0 Å². The highest BCUT2D eigenvalue weighted by Crippen LogP contribution is 2.27. The fraction of sp³-hybridized carbons (Fsp3) is 0.583. The van der Waals surface area contributed by atoms with Crippen LogP contribution in [0.3, 0.4) is 0 Å². The average molecular weight is 221 g/mol. The number of methoxy groups -OCH3 is 1. The lowest BCUT2D eigenvalue weighted by Crippen LogP contribution is -2.35. The number of aromatic nitrogens is 2. The molecule has 0 amide bonds. The second-order valence-corrected chi connectivity index (χ2v) is 4.31. The van der Waals surface area contributed by atoms with Crippen LogP contribution in [0, 0.1) is 0 Å². The Morgan fingerprint density at radius 2 is 2.50 bits per heavy atom. The fourth-order valence-electron chi connectivity index (χ4n) is 2.37. The van der Waals surface area contributed by atoms with Gasteiger partial charge in [0.25, 0.3) is 0 Å². The maximum atomic E-state index is 5.28. The Morgan fingerprint density at radius 3 is 3.19 bits per heavy atom. The van der Waals surface area contributed by atoms with Crippen molar-refractivity contribution in [1.82, 2.24) is 14.7 Å². The molecule has 16 heavy (non-hydrogen) atoms. The lowest BCUT2D eigenvalue weighted by molar-refractivity contribution is 0.143. The Labute approximate surface area is 96.5 Å². The number of hydrogen-bond acceptors (Lipinski definition) is 3. The molecule has 0 radical (unpaired) electrons. The van der Waals surface area contributed by atoms with Crippen molar-refractivity contribution in [2.45, 2.75) is 12.5 Å². The number of nitrogens with zero attached hydrogens (tertiary/aromatic N) is 3. The highest BCUT2D eigenvalue weighted by molar-refractivity contribution is 5.26. The molecule has 0 N–H and O–H groups in total. The van der Waals surface area contributed by atoms with Gasteiger partial charge in [-0.3, -0.25) is 9.58 Å². The molecule has 4 nitrogen and oxygen atoms in total. The van der Waals surface area contributed by atoms with Crippen molar-refractivity contribution >= 4 is 0 Å². The number of fused-ring (bicyclic) bond motifs is 1. The van der Waals surface area contributed by atoms with E-state index in [1.807, 2.05) is 24.0 Å². The van der Waals surface area contributed by atoms with Gasteiger partial charge < -0.3 is 4.74 Å². The smallest absolute Gasteiger partial charge is 0.0557 e. The third kappa shape index (κ3) is 2.03. The normalized spacial score (nSPS) is 20.8. The van der Waals surface area contributed by atoms with Crippen LogP contribution in [-0.4, -0.2) is 41.5 Å². The first kappa shape index (κ1) is 11.4. The van der Waals surface area contributed by atoms with Crippen LogP contribution < -0.4 is 0 Å². The van der Waals surface area contributed by atoms with Crippen LogP contribution in [0.2, 0.25) is 0 Å². The summed E-state index contributed by atoms with van der Waals surface area (Å²) in [7, 11) is 3.75. The van der Waals surface area contributed by atoms with E-state index in [2.05, 4.69) is 16.6 Å². The first-order valence-electron chi connectivity index (χ1n) is 5.59. The quantitative estimate of drug-likeness (QED) is 0.715. The summed E-state index contributed by atoms with van der Waals surface area (Å²) in [4.78, 5) is 2.38. The Kier molecular flexibility index (Phi) is 3.41. The first-order valence-corrected chi connectivity index (χ1v) is 5.59. The van der Waals surface area contributed by atoms with Crippen LogP contribution in [0.15, 0.2) is 18.9 Å². The summed E-state index contributed by atoms with van der Waals surface area (Å²) in [6, 6.07) is 0. The molecule has 0 saturated heterocycles. The van der Waals surface area contributed by atoms with E-state index in [9.17, 15) is 0 Å². The van der Waals surface area contributed by atoms with E-state index in [1.165, 1.54) is 11.3 Å². The van der Waals surface area contributed by atoms with Gasteiger partial charge in [-0.25, -0.2) is 0 Å². The van der Waals surface area contributed by atoms with Crippen molar-refractivity contribution < 1.29 is 4.74 Å². The molecule has 2 rings (SSSR count). The van der Waals surface area contributed by atoms with E-state index in [1.54, 1.807) is 7.11 Å². The minimum atomic E-state index is 0.433. The summed E-state index contributed by atoms with van der Waals surface area (Å²) in [6.45, 7) is 7.46. The minimum absolute atomic E-state index is 0.433. The molecule has 0 spiro atoms. The molecule has 0 aliphatic carbocycles. The van der Waals surface area contributed by atoms with Crippen molar-refractivity contribution in [2.24, 2.45) is 7.05 Å². The van der Waals surface area contributed by atoms with Gasteiger partial charge in [-0.15, -0.1) is 6.58 Å². The summed E-state index contributed by atoms with van der Waals surface area (Å²) >= 11 is 0. The van der Waals surface area contributed by atoms with Crippen LogP contribution in [-0.2, 0) is 18.3 Å². The van der Waals surface area contributed by atoms with Crippen molar-refractivity contribution in [3.8, 4) is 0 Å². The summed E-state index contributed by atoms with van der Waals surface area (Å²) in [5.41, 5.74) is 2.64. The Morgan fingerprint density at radius 1 is 1.69 bits per heavy atom. The van der Waals surface area contributed by atoms with Crippen LogP contribution in [0.4, 0.5) is 0 Å². The van der Waals surface area contributed by atoms with Crippen LogP contribution in [0.5, 0.6) is 0 Å². The number of hydrogen-bond donors (Lipinski definition) is 0. The van der Waals surface area contributed by atoms with Crippen molar-refractivity contribution in [3.63, 3.8) is 0 Å². The SMILES string of the molecule is C=CCN1Cc2c(cnn2C)[C@H](COC)C1. The van der Waals surface area contributed by atoms with Crippen LogP contribution in [0.25, 0.3) is 0 Å². The number of aryl methyl sites for hydroxylation is 1. The largest absolute Gasteiger partial charge is 0.384 e. The van der Waals surface area contributed by atoms with Crippen molar-refractivity contribution in [1.29, 1.82) is 0 Å². The minimum Gasteiger partial charge on any atom is -0.384 e. The maximum absolute atomic E-state index is 5.28. The van der Waals surface area contributed by atoms with E-state index in [0.29, 0.717) is 5.92 Å². The van der Waals surface area contributed by atoms with Gasteiger partial charge in [0.1, 0.15) is 0 Å². The predicted molar refractivity (Wildman–Crippen MR) is 63.3 cm³/mol. The molecule has 1 aliphatic heterocycles. The summed E-state index contributed by atoms with van der Waals surface area (Å²) in [6.07, 6.45) is 3.93. The standard InChI is InChI=1S/C12H19N3O/c1-4-5-15-7-10(9-16-3)11-6-13-14(2)12(11)8-15/h4,6,10H,1,5,7-9H2,2-3H3/t10-/m0/s1. The molecule has 0 bridgehead atoms. The molecule has 88 valence electrons. The number of rotatable bonds is 4.